The van der Waals surface area contributed by atoms with Crippen LogP contribution in [0.4, 0.5) is 0 Å². The maximum absolute atomic E-state index is 10.0. The highest BCUT2D eigenvalue weighted by Crippen LogP contribution is 2.23. The lowest BCUT2D eigenvalue weighted by molar-refractivity contribution is 0.278. The molecule has 20 heavy (non-hydrogen) atoms. The third-order valence-corrected chi connectivity index (χ3v) is 3.25. The fourth-order valence-electron chi connectivity index (χ4n) is 2.06. The zero-order valence-corrected chi connectivity index (χ0v) is 11.8. The average Bonchev–Trinajstić information content (AvgIpc) is 2.85. The third-order valence-electron chi connectivity index (χ3n) is 3.25. The number of hydrogen-bond acceptors (Lipinski definition) is 5. The number of nitrogens with zero attached hydrogens (tertiary/aromatic N) is 3. The molecule has 0 saturated carbocycles. The summed E-state index contributed by atoms with van der Waals surface area (Å²) < 4.78 is 1.78. The molecule has 2 aromatic heterocycles. The van der Waals surface area contributed by atoms with Crippen LogP contribution >= 0.6 is 0 Å². The minimum atomic E-state index is -0.125. The van der Waals surface area contributed by atoms with Crippen LogP contribution in [0.15, 0.2) is 18.6 Å². The molecule has 0 radical (unpaired) electrons. The van der Waals surface area contributed by atoms with Crippen molar-refractivity contribution in [3.63, 3.8) is 0 Å². The van der Waals surface area contributed by atoms with E-state index in [1.54, 1.807) is 17.8 Å². The summed E-state index contributed by atoms with van der Waals surface area (Å²) in [4.78, 5) is 4.04. The molecule has 0 aliphatic rings. The van der Waals surface area contributed by atoms with E-state index in [-0.39, 0.29) is 12.4 Å². The Bertz CT molecular complexity index is 581. The maximum Gasteiger partial charge on any atom is 0.141 e. The van der Waals surface area contributed by atoms with Gasteiger partial charge in [-0.05, 0) is 25.5 Å². The summed E-state index contributed by atoms with van der Waals surface area (Å²) in [6.45, 7) is 2.90. The predicted octanol–water partition coefficient (Wildman–Crippen LogP) is 0.654. The van der Waals surface area contributed by atoms with Gasteiger partial charge in [-0.25, -0.2) is 0 Å². The fourth-order valence-corrected chi connectivity index (χ4v) is 2.06. The Balaban J connectivity index is 1.92. The number of aromatic hydroxyl groups is 1. The molecule has 0 atom stereocenters. The molecule has 6 nitrogen and oxygen atoms in total. The van der Waals surface area contributed by atoms with E-state index in [4.69, 9.17) is 0 Å². The molecule has 0 saturated heterocycles. The molecule has 0 amide bonds. The first-order valence-corrected chi connectivity index (χ1v) is 6.57. The average molecular weight is 276 g/mol. The van der Waals surface area contributed by atoms with Gasteiger partial charge in [0.25, 0.3) is 0 Å². The van der Waals surface area contributed by atoms with Gasteiger partial charge in [0.2, 0.25) is 0 Å². The van der Waals surface area contributed by atoms with Gasteiger partial charge in [-0.1, -0.05) is 0 Å². The Morgan fingerprint density at radius 1 is 1.35 bits per heavy atom. The minimum Gasteiger partial charge on any atom is -0.506 e. The van der Waals surface area contributed by atoms with E-state index in [0.29, 0.717) is 23.4 Å². The molecule has 108 valence electrons. The monoisotopic (exact) mass is 276 g/mol. The van der Waals surface area contributed by atoms with E-state index in [2.05, 4.69) is 15.4 Å². The van der Waals surface area contributed by atoms with Gasteiger partial charge in [-0.2, -0.15) is 5.10 Å². The first-order valence-electron chi connectivity index (χ1n) is 6.57. The minimum absolute atomic E-state index is 0.125. The van der Waals surface area contributed by atoms with E-state index in [1.807, 2.05) is 19.4 Å². The van der Waals surface area contributed by atoms with E-state index in [1.165, 1.54) is 0 Å². The molecule has 6 heteroatoms. The molecule has 0 fully saturated rings. The molecule has 2 rings (SSSR count). The number of hydrogen-bond donors (Lipinski definition) is 3. The summed E-state index contributed by atoms with van der Waals surface area (Å²) in [7, 11) is 1.89. The highest BCUT2D eigenvalue weighted by atomic mass is 16.3. The van der Waals surface area contributed by atoms with Crippen molar-refractivity contribution >= 4 is 0 Å². The molecule has 0 spiro atoms. The summed E-state index contributed by atoms with van der Waals surface area (Å²) in [5, 5.41) is 26.7. The van der Waals surface area contributed by atoms with Crippen molar-refractivity contribution in [1.82, 2.24) is 20.1 Å². The molecular formula is C14H20N4O2. The lowest BCUT2D eigenvalue weighted by Crippen LogP contribution is -2.18. The highest BCUT2D eigenvalue weighted by Gasteiger charge is 2.10. The van der Waals surface area contributed by atoms with Crippen LogP contribution in [-0.2, 0) is 26.6 Å². The number of pyridine rings is 1. The van der Waals surface area contributed by atoms with Crippen LogP contribution in [0.25, 0.3) is 0 Å². The number of aliphatic hydroxyl groups excluding tert-OH is 1. The van der Waals surface area contributed by atoms with Crippen molar-refractivity contribution in [3.05, 3.63) is 41.0 Å². The highest BCUT2D eigenvalue weighted by molar-refractivity contribution is 5.40. The van der Waals surface area contributed by atoms with Gasteiger partial charge >= 0.3 is 0 Å². The SMILES string of the molecule is Cc1ncc(CO)c(CNCCc2cnn(C)c2)c1O. The lowest BCUT2D eigenvalue weighted by Gasteiger charge is -2.12. The normalized spacial score (nSPS) is 10.9. The van der Waals surface area contributed by atoms with Gasteiger partial charge in [0.1, 0.15) is 5.75 Å². The Morgan fingerprint density at radius 2 is 2.15 bits per heavy atom. The molecule has 3 N–H and O–H groups in total. The topological polar surface area (TPSA) is 83.2 Å². The Labute approximate surface area is 118 Å². The molecule has 0 aromatic carbocycles. The van der Waals surface area contributed by atoms with E-state index in [0.717, 1.165) is 18.5 Å². The smallest absolute Gasteiger partial charge is 0.141 e. The Morgan fingerprint density at radius 3 is 2.80 bits per heavy atom. The summed E-state index contributed by atoms with van der Waals surface area (Å²) in [6, 6.07) is 0. The van der Waals surface area contributed by atoms with Crippen LogP contribution in [0.2, 0.25) is 0 Å². The Kier molecular flexibility index (Phi) is 4.70. The van der Waals surface area contributed by atoms with Gasteiger partial charge in [0.15, 0.2) is 0 Å². The van der Waals surface area contributed by atoms with Crippen molar-refractivity contribution in [2.75, 3.05) is 6.54 Å². The van der Waals surface area contributed by atoms with Crippen LogP contribution in [0.3, 0.4) is 0 Å². The predicted molar refractivity (Wildman–Crippen MR) is 75.2 cm³/mol. The largest absolute Gasteiger partial charge is 0.506 e. The van der Waals surface area contributed by atoms with Crippen LogP contribution in [0.1, 0.15) is 22.4 Å². The number of aromatic nitrogens is 3. The lowest BCUT2D eigenvalue weighted by atomic mass is 10.1. The van der Waals surface area contributed by atoms with Gasteiger partial charge in [0.05, 0.1) is 18.5 Å². The summed E-state index contributed by atoms with van der Waals surface area (Å²) >= 11 is 0. The van der Waals surface area contributed by atoms with Crippen LogP contribution in [0, 0.1) is 6.92 Å². The summed E-state index contributed by atoms with van der Waals surface area (Å²) in [5.41, 5.74) is 3.11. The first kappa shape index (κ1) is 14.5. The second kappa shape index (κ2) is 6.49. The van der Waals surface area contributed by atoms with Crippen molar-refractivity contribution in [3.8, 4) is 5.75 Å². The van der Waals surface area contributed by atoms with E-state index in [9.17, 15) is 10.2 Å². The van der Waals surface area contributed by atoms with Crippen LogP contribution < -0.4 is 5.32 Å². The fraction of sp³-hybridized carbons (Fsp3) is 0.429. The van der Waals surface area contributed by atoms with Gasteiger partial charge in [0, 0.05) is 37.1 Å². The molecule has 0 aliphatic heterocycles. The van der Waals surface area contributed by atoms with Crippen LogP contribution in [-0.4, -0.2) is 31.5 Å². The quantitative estimate of drug-likeness (QED) is 0.675. The summed E-state index contributed by atoms with van der Waals surface area (Å²) in [6.07, 6.45) is 6.30. The molecule has 0 unspecified atom stereocenters. The Hall–Kier alpha value is -1.92. The standard InChI is InChI=1S/C14H20N4O2/c1-10-14(20)13(12(9-19)6-16-10)7-15-4-3-11-5-17-18(2)8-11/h5-6,8,15,19-20H,3-4,7,9H2,1-2H3. The zero-order valence-electron chi connectivity index (χ0n) is 11.8. The van der Waals surface area contributed by atoms with Crippen molar-refractivity contribution in [2.24, 2.45) is 7.05 Å². The van der Waals surface area contributed by atoms with Crippen molar-refractivity contribution in [2.45, 2.75) is 26.5 Å². The molecular weight excluding hydrogens is 256 g/mol. The molecule has 0 bridgehead atoms. The van der Waals surface area contributed by atoms with Crippen molar-refractivity contribution < 1.29 is 10.2 Å². The van der Waals surface area contributed by atoms with Gasteiger partial charge < -0.3 is 15.5 Å². The number of aliphatic hydroxyl groups is 1. The second-order valence-electron chi connectivity index (χ2n) is 4.80. The van der Waals surface area contributed by atoms with Crippen molar-refractivity contribution in [1.29, 1.82) is 0 Å². The number of rotatable bonds is 6. The number of aryl methyl sites for hydroxylation is 2. The second-order valence-corrected chi connectivity index (χ2v) is 4.80. The van der Waals surface area contributed by atoms with E-state index < -0.39 is 0 Å². The first-order chi connectivity index (χ1) is 9.61. The third kappa shape index (κ3) is 3.34. The zero-order chi connectivity index (χ0) is 14.5. The summed E-state index contributed by atoms with van der Waals surface area (Å²) in [5.74, 6) is 0.158. The molecule has 2 heterocycles. The maximum atomic E-state index is 10.0. The molecule has 2 aromatic rings. The van der Waals surface area contributed by atoms with Gasteiger partial charge in [-0.3, -0.25) is 9.67 Å². The van der Waals surface area contributed by atoms with E-state index >= 15 is 0 Å². The van der Waals surface area contributed by atoms with Gasteiger partial charge in [-0.15, -0.1) is 0 Å². The molecule has 0 aliphatic carbocycles. The number of nitrogens with one attached hydrogen (secondary N) is 1. The van der Waals surface area contributed by atoms with Crippen LogP contribution in [0.5, 0.6) is 5.75 Å².